The molecule has 1 amide bonds. The highest BCUT2D eigenvalue weighted by molar-refractivity contribution is 6.05. The molecule has 3 aromatic carbocycles. The Balaban J connectivity index is 1.71. The summed E-state index contributed by atoms with van der Waals surface area (Å²) >= 11 is 0. The van der Waals surface area contributed by atoms with Crippen LogP contribution in [-0.2, 0) is 13.0 Å². The van der Waals surface area contributed by atoms with Gasteiger partial charge in [0.05, 0.1) is 19.9 Å². The monoisotopic (exact) mass is 390 g/mol. The molecule has 0 aliphatic heterocycles. The molecule has 0 aliphatic rings. The third-order valence-corrected chi connectivity index (χ3v) is 4.73. The molecular formula is C24H26N2O3. The molecule has 3 aromatic rings. The Morgan fingerprint density at radius 3 is 2.48 bits per heavy atom. The highest BCUT2D eigenvalue weighted by atomic mass is 16.5. The minimum absolute atomic E-state index is 0.190. The summed E-state index contributed by atoms with van der Waals surface area (Å²) in [5, 5.41) is 6.37. The molecule has 0 heterocycles. The average molecular weight is 390 g/mol. The van der Waals surface area contributed by atoms with E-state index in [2.05, 4.69) is 29.7 Å². The van der Waals surface area contributed by atoms with Gasteiger partial charge in [0, 0.05) is 23.9 Å². The van der Waals surface area contributed by atoms with Gasteiger partial charge in [0.2, 0.25) is 0 Å². The summed E-state index contributed by atoms with van der Waals surface area (Å²) in [5.74, 6) is 1.02. The van der Waals surface area contributed by atoms with E-state index in [1.165, 1.54) is 5.56 Å². The van der Waals surface area contributed by atoms with Gasteiger partial charge in [-0.2, -0.15) is 0 Å². The van der Waals surface area contributed by atoms with E-state index in [1.807, 2.05) is 30.3 Å². The van der Waals surface area contributed by atoms with E-state index in [9.17, 15) is 4.79 Å². The Kier molecular flexibility index (Phi) is 6.74. The lowest BCUT2D eigenvalue weighted by Crippen LogP contribution is -2.13. The molecular weight excluding hydrogens is 364 g/mol. The first-order valence-corrected chi connectivity index (χ1v) is 9.58. The van der Waals surface area contributed by atoms with Crippen molar-refractivity contribution in [2.75, 3.05) is 24.9 Å². The molecule has 29 heavy (non-hydrogen) atoms. The van der Waals surface area contributed by atoms with Crippen molar-refractivity contribution in [3.8, 4) is 11.5 Å². The smallest absolute Gasteiger partial charge is 0.255 e. The van der Waals surface area contributed by atoms with Crippen LogP contribution in [0.1, 0.15) is 28.4 Å². The number of aryl methyl sites for hydroxylation is 1. The van der Waals surface area contributed by atoms with Crippen molar-refractivity contribution in [1.29, 1.82) is 0 Å². The second kappa shape index (κ2) is 9.64. The highest BCUT2D eigenvalue weighted by Gasteiger charge is 2.11. The summed E-state index contributed by atoms with van der Waals surface area (Å²) in [5.41, 5.74) is 4.61. The number of ether oxygens (including phenoxy) is 2. The number of amides is 1. The number of carbonyl (C=O) groups excluding carboxylic acids is 1. The van der Waals surface area contributed by atoms with Crippen LogP contribution in [0.4, 0.5) is 11.4 Å². The van der Waals surface area contributed by atoms with Crippen molar-refractivity contribution < 1.29 is 14.3 Å². The molecule has 0 spiro atoms. The lowest BCUT2D eigenvalue weighted by atomic mass is 10.1. The molecule has 0 fully saturated rings. The zero-order valence-corrected chi connectivity index (χ0v) is 17.0. The van der Waals surface area contributed by atoms with Gasteiger partial charge >= 0.3 is 0 Å². The van der Waals surface area contributed by atoms with Crippen molar-refractivity contribution in [2.45, 2.75) is 19.9 Å². The fourth-order valence-corrected chi connectivity index (χ4v) is 3.12. The number of nitrogens with one attached hydrogen (secondary N) is 2. The standard InChI is InChI=1S/C24H26N2O3/c1-4-18-9-5-6-11-21(18)25-16-17-8-7-10-19(14-17)24(27)26-22-13-12-20(28-2)15-23(22)29-3/h5-15,25H,4,16H2,1-3H3,(H,26,27). The van der Waals surface area contributed by atoms with Crippen molar-refractivity contribution in [1.82, 2.24) is 0 Å². The summed E-state index contributed by atoms with van der Waals surface area (Å²) in [6, 6.07) is 21.1. The first-order valence-electron chi connectivity index (χ1n) is 9.58. The lowest BCUT2D eigenvalue weighted by Gasteiger charge is -2.13. The van der Waals surface area contributed by atoms with Gasteiger partial charge in [0.25, 0.3) is 5.91 Å². The fourth-order valence-electron chi connectivity index (χ4n) is 3.12. The Labute approximate surface area is 171 Å². The Hall–Kier alpha value is -3.47. The lowest BCUT2D eigenvalue weighted by molar-refractivity contribution is 0.102. The van der Waals surface area contributed by atoms with Crippen LogP contribution in [0.15, 0.2) is 66.7 Å². The number of hydrogen-bond donors (Lipinski definition) is 2. The van der Waals surface area contributed by atoms with E-state index in [1.54, 1.807) is 38.5 Å². The van der Waals surface area contributed by atoms with Crippen LogP contribution >= 0.6 is 0 Å². The van der Waals surface area contributed by atoms with E-state index in [-0.39, 0.29) is 5.91 Å². The number of rotatable bonds is 8. The van der Waals surface area contributed by atoms with Crippen LogP contribution in [-0.4, -0.2) is 20.1 Å². The van der Waals surface area contributed by atoms with Crippen LogP contribution in [0.5, 0.6) is 11.5 Å². The van der Waals surface area contributed by atoms with Crippen LogP contribution < -0.4 is 20.1 Å². The summed E-state index contributed by atoms with van der Waals surface area (Å²) in [6.45, 7) is 2.78. The van der Waals surface area contributed by atoms with Gasteiger partial charge in [0.1, 0.15) is 11.5 Å². The molecule has 5 heteroatoms. The van der Waals surface area contributed by atoms with Crippen molar-refractivity contribution in [3.05, 3.63) is 83.4 Å². The maximum atomic E-state index is 12.7. The topological polar surface area (TPSA) is 59.6 Å². The number of benzene rings is 3. The minimum atomic E-state index is -0.190. The zero-order valence-electron chi connectivity index (χ0n) is 17.0. The molecule has 0 unspecified atom stereocenters. The highest BCUT2D eigenvalue weighted by Crippen LogP contribution is 2.29. The van der Waals surface area contributed by atoms with Gasteiger partial charge in [-0.05, 0) is 47.9 Å². The quantitative estimate of drug-likeness (QED) is 0.560. The maximum Gasteiger partial charge on any atom is 0.255 e. The third-order valence-electron chi connectivity index (χ3n) is 4.73. The third kappa shape index (κ3) is 5.08. The normalized spacial score (nSPS) is 10.3. The molecule has 5 nitrogen and oxygen atoms in total. The van der Waals surface area contributed by atoms with E-state index in [4.69, 9.17) is 9.47 Å². The van der Waals surface area contributed by atoms with Crippen LogP contribution in [0.2, 0.25) is 0 Å². The van der Waals surface area contributed by atoms with Crippen molar-refractivity contribution >= 4 is 17.3 Å². The molecule has 2 N–H and O–H groups in total. The molecule has 3 rings (SSSR count). The molecule has 0 bridgehead atoms. The number of anilines is 2. The Morgan fingerprint density at radius 1 is 0.897 bits per heavy atom. The molecule has 150 valence electrons. The van der Waals surface area contributed by atoms with Gasteiger partial charge in [0.15, 0.2) is 0 Å². The number of hydrogen-bond acceptors (Lipinski definition) is 4. The van der Waals surface area contributed by atoms with Gasteiger partial charge < -0.3 is 20.1 Å². The SMILES string of the molecule is CCc1ccccc1NCc1cccc(C(=O)Nc2ccc(OC)cc2OC)c1. The summed E-state index contributed by atoms with van der Waals surface area (Å²) < 4.78 is 10.6. The van der Waals surface area contributed by atoms with Gasteiger partial charge in [-0.25, -0.2) is 0 Å². The Bertz CT molecular complexity index is 985. The van der Waals surface area contributed by atoms with Gasteiger partial charge in [-0.15, -0.1) is 0 Å². The Morgan fingerprint density at radius 2 is 1.72 bits per heavy atom. The molecule has 0 aliphatic carbocycles. The number of para-hydroxylation sites is 1. The minimum Gasteiger partial charge on any atom is -0.497 e. The predicted molar refractivity (Wildman–Crippen MR) is 117 cm³/mol. The van der Waals surface area contributed by atoms with Crippen molar-refractivity contribution in [3.63, 3.8) is 0 Å². The number of methoxy groups -OCH3 is 2. The molecule has 0 aromatic heterocycles. The summed E-state index contributed by atoms with van der Waals surface area (Å²) in [6.07, 6.45) is 0.968. The van der Waals surface area contributed by atoms with E-state index >= 15 is 0 Å². The molecule has 0 saturated heterocycles. The second-order valence-electron chi connectivity index (χ2n) is 6.58. The first kappa shape index (κ1) is 20.3. The van der Waals surface area contributed by atoms with Crippen LogP contribution in [0.3, 0.4) is 0 Å². The summed E-state index contributed by atoms with van der Waals surface area (Å²) in [7, 11) is 3.15. The van der Waals surface area contributed by atoms with E-state index in [0.717, 1.165) is 17.7 Å². The number of carbonyl (C=O) groups is 1. The van der Waals surface area contributed by atoms with Gasteiger partial charge in [-0.3, -0.25) is 4.79 Å². The van der Waals surface area contributed by atoms with Crippen molar-refractivity contribution in [2.24, 2.45) is 0 Å². The second-order valence-corrected chi connectivity index (χ2v) is 6.58. The molecule has 0 radical (unpaired) electrons. The largest absolute Gasteiger partial charge is 0.497 e. The molecule has 0 atom stereocenters. The first-order chi connectivity index (χ1) is 14.1. The van der Waals surface area contributed by atoms with E-state index in [0.29, 0.717) is 29.3 Å². The van der Waals surface area contributed by atoms with Crippen LogP contribution in [0, 0.1) is 0 Å². The van der Waals surface area contributed by atoms with Crippen LogP contribution in [0.25, 0.3) is 0 Å². The fraction of sp³-hybridized carbons (Fsp3) is 0.208. The van der Waals surface area contributed by atoms with Gasteiger partial charge in [-0.1, -0.05) is 37.3 Å². The summed E-state index contributed by atoms with van der Waals surface area (Å²) in [4.78, 5) is 12.7. The average Bonchev–Trinajstić information content (AvgIpc) is 2.78. The van der Waals surface area contributed by atoms with E-state index < -0.39 is 0 Å². The predicted octanol–water partition coefficient (Wildman–Crippen LogP) is 5.13. The zero-order chi connectivity index (χ0) is 20.6. The molecule has 0 saturated carbocycles. The maximum absolute atomic E-state index is 12.7.